The van der Waals surface area contributed by atoms with E-state index in [1.54, 1.807) is 22.2 Å². The van der Waals surface area contributed by atoms with Gasteiger partial charge in [-0.15, -0.1) is 0 Å². The minimum absolute atomic E-state index is 0.196. The Kier molecular flexibility index (Phi) is 11.5. The van der Waals surface area contributed by atoms with Gasteiger partial charge in [-0.05, 0) is 46.9 Å². The number of ether oxygens (including phenoxy) is 4. The fourth-order valence-electron chi connectivity index (χ4n) is 8.03. The zero-order valence-electron chi connectivity index (χ0n) is 34.7. The highest BCUT2D eigenvalue weighted by atomic mass is 16.7. The molecule has 4 atom stereocenters. The summed E-state index contributed by atoms with van der Waals surface area (Å²) in [4.78, 5) is 71.5. The number of nitrogens with one attached hydrogen (secondary N) is 4. The van der Waals surface area contributed by atoms with E-state index in [9.17, 15) is 19.2 Å². The third-order valence-electron chi connectivity index (χ3n) is 11.2. The topological polar surface area (TPSA) is 193 Å². The van der Waals surface area contributed by atoms with Gasteiger partial charge in [0.25, 0.3) is 0 Å². The van der Waals surface area contributed by atoms with Gasteiger partial charge >= 0.3 is 12.2 Å². The van der Waals surface area contributed by atoms with Crippen LogP contribution in [0.1, 0.15) is 70.7 Å². The van der Waals surface area contributed by atoms with Crippen LogP contribution in [-0.2, 0) is 28.5 Å². The summed E-state index contributed by atoms with van der Waals surface area (Å²) < 4.78 is 29.8. The third kappa shape index (κ3) is 8.29. The molecule has 7 rings (SSSR count). The monoisotopic (exact) mass is 797 g/mol. The van der Waals surface area contributed by atoms with Crippen molar-refractivity contribution < 1.29 is 39.5 Å². The van der Waals surface area contributed by atoms with Crippen molar-refractivity contribution >= 4 is 24.0 Å². The van der Waals surface area contributed by atoms with E-state index in [0.717, 1.165) is 40.1 Å². The van der Waals surface area contributed by atoms with E-state index < -0.39 is 36.1 Å². The number of nitrogens with zero attached hydrogens (tertiary/aromatic N) is 4. The predicted octanol–water partition coefficient (Wildman–Crippen LogP) is 5.58. The summed E-state index contributed by atoms with van der Waals surface area (Å²) in [7, 11) is 2.46. The first kappa shape index (κ1) is 39.1. The van der Waals surface area contributed by atoms with Crippen molar-refractivity contribution in [3.05, 3.63) is 72.6 Å². The van der Waals surface area contributed by atoms with Crippen molar-refractivity contribution in [2.45, 2.75) is 76.9 Å². The number of hydrogen-bond acceptors (Lipinski definition) is 10. The molecule has 4 aromatic rings. The lowest BCUT2D eigenvalue weighted by Crippen LogP contribution is -2.52. The maximum absolute atomic E-state index is 14.0. The van der Waals surface area contributed by atoms with Gasteiger partial charge in [-0.1, -0.05) is 76.2 Å². The summed E-state index contributed by atoms with van der Waals surface area (Å²) in [6.07, 6.45) is 3.86. The average molecular weight is 798 g/mol. The summed E-state index contributed by atoms with van der Waals surface area (Å²) in [5.74, 6) is -0.736. The largest absolute Gasteiger partial charge is 0.453 e. The number of alkyl carbamates (subject to hydrolysis) is 2. The number of methoxy groups -OCH3 is 2. The van der Waals surface area contributed by atoms with Gasteiger partial charge in [-0.25, -0.2) is 19.6 Å². The molecule has 2 aromatic carbocycles. The van der Waals surface area contributed by atoms with Crippen molar-refractivity contribution in [3.8, 4) is 33.6 Å². The van der Waals surface area contributed by atoms with Gasteiger partial charge in [0, 0.05) is 13.0 Å². The zero-order chi connectivity index (χ0) is 42.0. The van der Waals surface area contributed by atoms with Crippen LogP contribution in [0.5, 0.6) is 0 Å². The Morgan fingerprint density at radius 1 is 0.759 bits per heavy atom. The summed E-state index contributed by atoms with van der Waals surface area (Å²) in [6.45, 7) is 8.93. The quantitative estimate of drug-likeness (QED) is 0.149. The molecule has 0 radical (unpaired) electrons. The highest BCUT2D eigenvalue weighted by Crippen LogP contribution is 2.43. The van der Waals surface area contributed by atoms with E-state index in [-0.39, 0.29) is 36.2 Å². The standard InChI is InChI=1S/C42H52N8O8/c1-24(2)34(47-40(53)55-5)38(51)49-17-7-8-32(49)36-43-21-30(45-36)28-13-9-26(10-14-28)27-11-15-29(16-12-27)31-22-44-37(46-31)33-20-42(57-18-19-58-42)23-50(33)39(52)35(25(3)4)48-41(54)56-6/h9-16,21-22,24-25,32-35H,7-8,17-20,23H2,1-6H3,(H,43,45)(H,44,46)(H,47,53)(H,48,54)/t32-,33-,34-,35-/m0/s1/i/hD. The van der Waals surface area contributed by atoms with Crippen molar-refractivity contribution in [2.24, 2.45) is 11.8 Å². The minimum Gasteiger partial charge on any atom is -0.453 e. The summed E-state index contributed by atoms with van der Waals surface area (Å²) in [5, 5.41) is 3.31. The van der Waals surface area contributed by atoms with Gasteiger partial charge in [-0.3, -0.25) is 9.59 Å². The molecule has 1 spiro atoms. The Bertz CT molecular complexity index is 2130. The van der Waals surface area contributed by atoms with E-state index in [4.69, 9.17) is 25.3 Å². The maximum Gasteiger partial charge on any atom is 0.407 e. The van der Waals surface area contributed by atoms with Crippen LogP contribution < -0.4 is 10.6 Å². The van der Waals surface area contributed by atoms with Crippen LogP contribution in [0.15, 0.2) is 60.9 Å². The molecule has 58 heavy (non-hydrogen) atoms. The molecule has 3 aliphatic rings. The number of likely N-dealkylation sites (tertiary alicyclic amines) is 2. The van der Waals surface area contributed by atoms with E-state index in [0.29, 0.717) is 49.6 Å². The molecule has 3 saturated heterocycles. The number of amides is 4. The number of aromatic nitrogens is 4. The molecule has 308 valence electrons. The van der Waals surface area contributed by atoms with Crippen LogP contribution in [0.25, 0.3) is 33.6 Å². The van der Waals surface area contributed by atoms with Gasteiger partial charge < -0.3 is 49.3 Å². The Labute approximate surface area is 338 Å². The Hall–Kier alpha value is -5.74. The predicted molar refractivity (Wildman–Crippen MR) is 213 cm³/mol. The maximum atomic E-state index is 14.0. The summed E-state index contributed by atoms with van der Waals surface area (Å²) in [5.41, 5.74) is 5.49. The number of benzene rings is 2. The highest BCUT2D eigenvalue weighted by molar-refractivity contribution is 5.87. The summed E-state index contributed by atoms with van der Waals surface area (Å²) in [6, 6.07) is 13.7. The molecule has 0 bridgehead atoms. The summed E-state index contributed by atoms with van der Waals surface area (Å²) >= 11 is 0. The van der Waals surface area contributed by atoms with Crippen molar-refractivity contribution in [3.63, 3.8) is 0 Å². The van der Waals surface area contributed by atoms with Crippen LogP contribution in [0.4, 0.5) is 9.59 Å². The van der Waals surface area contributed by atoms with Crippen LogP contribution in [0, 0.1) is 11.8 Å². The lowest BCUT2D eigenvalue weighted by Gasteiger charge is -2.30. The lowest BCUT2D eigenvalue weighted by molar-refractivity contribution is -0.153. The number of H-pyrrole nitrogens is 2. The highest BCUT2D eigenvalue weighted by Gasteiger charge is 2.52. The number of carbonyl (C=O) groups excluding carboxylic acids is 4. The molecule has 3 fully saturated rings. The van der Waals surface area contributed by atoms with E-state index in [2.05, 4.69) is 20.3 Å². The van der Waals surface area contributed by atoms with Crippen LogP contribution >= 0.6 is 0 Å². The van der Waals surface area contributed by atoms with Crippen molar-refractivity contribution in [1.29, 1.82) is 0 Å². The molecule has 16 nitrogen and oxygen atoms in total. The second-order valence-corrected chi connectivity index (χ2v) is 15.6. The van der Waals surface area contributed by atoms with E-state index in [1.807, 2.05) is 76.2 Å². The zero-order valence-corrected chi connectivity index (χ0v) is 33.7. The van der Waals surface area contributed by atoms with Crippen LogP contribution in [0.2, 0.25) is 1.41 Å². The van der Waals surface area contributed by atoms with Gasteiger partial charge in [0.1, 0.15) is 23.7 Å². The van der Waals surface area contributed by atoms with Crippen LogP contribution in [0.3, 0.4) is 0 Å². The minimum atomic E-state index is -0.978. The lowest BCUT2D eigenvalue weighted by atomic mass is 10.0. The second-order valence-electron chi connectivity index (χ2n) is 15.6. The molecular weight excluding hydrogens is 745 g/mol. The molecular formula is C42H52N8O8. The molecule has 0 unspecified atom stereocenters. The van der Waals surface area contributed by atoms with Crippen molar-refractivity contribution in [2.75, 3.05) is 40.5 Å². The van der Waals surface area contributed by atoms with E-state index in [1.165, 1.54) is 14.2 Å². The van der Waals surface area contributed by atoms with Gasteiger partial charge in [0.15, 0.2) is 7.20 Å². The van der Waals surface area contributed by atoms with E-state index >= 15 is 0 Å². The Morgan fingerprint density at radius 3 is 1.78 bits per heavy atom. The molecule has 2 aromatic heterocycles. The molecule has 4 amide bonds. The van der Waals surface area contributed by atoms with Gasteiger partial charge in [0.2, 0.25) is 11.8 Å². The fraction of sp³-hybridized carbons (Fsp3) is 0.476. The molecule has 0 aliphatic carbocycles. The Morgan fingerprint density at radius 2 is 1.26 bits per heavy atom. The first-order valence-corrected chi connectivity index (χ1v) is 19.7. The smallest absolute Gasteiger partial charge is 0.407 e. The number of carbonyl (C=O) groups is 4. The van der Waals surface area contributed by atoms with Crippen molar-refractivity contribution in [1.82, 2.24) is 40.4 Å². The molecule has 16 heteroatoms. The Balaban J connectivity index is 1.03. The van der Waals surface area contributed by atoms with Crippen LogP contribution in [-0.4, -0.2) is 112 Å². The second kappa shape index (κ2) is 17.0. The number of rotatable bonds is 11. The number of imidazole rings is 2. The van der Waals surface area contributed by atoms with Gasteiger partial charge in [-0.2, -0.15) is 0 Å². The SMILES string of the molecule is [2H]N(C(=O)OC)[C@H](C(=O)N1CCC[C@H]1c1ncc(-c2ccc(-c3ccc(-c4cnc([C@@H]5CC6(CN5C(=O)[C@@H](NC(=O)OC)C(C)C)OCCO6)[nH]4)cc3)cc2)[nH]1)C(C)C. The first-order valence-electron chi connectivity index (χ1n) is 20.2. The third-order valence-corrected chi connectivity index (χ3v) is 11.2. The van der Waals surface area contributed by atoms with Gasteiger partial charge in [0.05, 0.1) is 69.8 Å². The molecule has 0 saturated carbocycles. The molecule has 4 N–H and O–H groups in total. The molecule has 5 heterocycles. The molecule has 3 aliphatic heterocycles. The fourth-order valence-corrected chi connectivity index (χ4v) is 8.03. The first-order chi connectivity index (χ1) is 28.3. The normalized spacial score (nSPS) is 20.0. The average Bonchev–Trinajstić information content (AvgIpc) is 4.10. The number of aromatic amines is 2. The number of hydrogen-bond donors (Lipinski definition) is 4.